The Morgan fingerprint density at radius 1 is 1.12 bits per heavy atom. The maximum Gasteiger partial charge on any atom is 0.246 e. The number of amides is 2. The van der Waals surface area contributed by atoms with E-state index in [0.717, 1.165) is 11.1 Å². The summed E-state index contributed by atoms with van der Waals surface area (Å²) in [6.45, 7) is 1.95. The molecular formula is C19H19ClN2O2. The molecule has 2 aromatic rings. The average molecular weight is 343 g/mol. The number of hydrogen-bond acceptors (Lipinski definition) is 2. The van der Waals surface area contributed by atoms with Crippen LogP contribution in [-0.2, 0) is 9.59 Å². The van der Waals surface area contributed by atoms with Crippen molar-refractivity contribution >= 4 is 35.2 Å². The fourth-order valence-electron chi connectivity index (χ4n) is 2.03. The molecule has 1 N–H and O–H groups in total. The minimum Gasteiger partial charge on any atom is -0.333 e. The first-order valence-electron chi connectivity index (χ1n) is 7.50. The lowest BCUT2D eigenvalue weighted by Crippen LogP contribution is -2.33. The Labute approximate surface area is 146 Å². The zero-order chi connectivity index (χ0) is 17.5. The van der Waals surface area contributed by atoms with Crippen molar-refractivity contribution in [1.82, 2.24) is 4.90 Å². The molecule has 4 nitrogen and oxygen atoms in total. The van der Waals surface area contributed by atoms with Gasteiger partial charge in [-0.1, -0.05) is 47.5 Å². The number of benzene rings is 2. The van der Waals surface area contributed by atoms with Gasteiger partial charge in [0.25, 0.3) is 0 Å². The molecule has 0 saturated heterocycles. The molecule has 0 aromatic heterocycles. The number of likely N-dealkylation sites (N-methyl/N-ethyl adjacent to an activating group) is 1. The van der Waals surface area contributed by atoms with Crippen LogP contribution in [0.2, 0.25) is 5.02 Å². The van der Waals surface area contributed by atoms with E-state index < -0.39 is 0 Å². The van der Waals surface area contributed by atoms with Gasteiger partial charge in [0, 0.05) is 23.8 Å². The first kappa shape index (κ1) is 17.8. The van der Waals surface area contributed by atoms with E-state index in [4.69, 9.17) is 11.6 Å². The Morgan fingerprint density at radius 2 is 1.79 bits per heavy atom. The fraction of sp³-hybridized carbons (Fsp3) is 0.158. The van der Waals surface area contributed by atoms with Gasteiger partial charge in [0.2, 0.25) is 11.8 Å². The molecule has 5 heteroatoms. The normalized spacial score (nSPS) is 10.6. The molecule has 0 radical (unpaired) electrons. The lowest BCUT2D eigenvalue weighted by molar-refractivity contribution is -0.129. The first-order valence-corrected chi connectivity index (χ1v) is 7.88. The summed E-state index contributed by atoms with van der Waals surface area (Å²) in [4.78, 5) is 25.4. The monoisotopic (exact) mass is 342 g/mol. The second-order valence-electron chi connectivity index (χ2n) is 5.46. The van der Waals surface area contributed by atoms with Crippen LogP contribution in [0.4, 0.5) is 5.69 Å². The van der Waals surface area contributed by atoms with Gasteiger partial charge in [-0.05, 0) is 36.8 Å². The number of nitrogens with one attached hydrogen (secondary N) is 1. The van der Waals surface area contributed by atoms with Gasteiger partial charge >= 0.3 is 0 Å². The van der Waals surface area contributed by atoms with Gasteiger partial charge in [0.1, 0.15) is 0 Å². The number of carbonyl (C=O) groups excluding carboxylic acids is 2. The summed E-state index contributed by atoms with van der Waals surface area (Å²) in [7, 11) is 1.58. The van der Waals surface area contributed by atoms with E-state index in [2.05, 4.69) is 5.32 Å². The molecular weight excluding hydrogens is 324 g/mol. The summed E-state index contributed by atoms with van der Waals surface area (Å²) in [6, 6.07) is 14.7. The lowest BCUT2D eigenvalue weighted by atomic mass is 10.2. The number of aryl methyl sites for hydroxylation is 1. The van der Waals surface area contributed by atoms with Crippen LogP contribution in [0.3, 0.4) is 0 Å². The molecule has 0 aliphatic heterocycles. The third-order valence-corrected chi connectivity index (χ3v) is 3.75. The standard InChI is InChI=1S/C19H19ClN2O2/c1-14-7-10-16(11-8-14)21-18(23)13-22(2)19(24)12-9-15-5-3-4-6-17(15)20/h3-12H,13H2,1-2H3,(H,21,23)/b12-9+. The Kier molecular flexibility index (Phi) is 6.15. The van der Waals surface area contributed by atoms with Crippen LogP contribution in [0.5, 0.6) is 0 Å². The van der Waals surface area contributed by atoms with E-state index in [9.17, 15) is 9.59 Å². The summed E-state index contributed by atoms with van der Waals surface area (Å²) in [5.74, 6) is -0.519. The van der Waals surface area contributed by atoms with Gasteiger partial charge in [-0.15, -0.1) is 0 Å². The molecule has 0 unspecified atom stereocenters. The van der Waals surface area contributed by atoms with Crippen molar-refractivity contribution in [2.75, 3.05) is 18.9 Å². The van der Waals surface area contributed by atoms with Crippen molar-refractivity contribution in [2.24, 2.45) is 0 Å². The molecule has 0 bridgehead atoms. The van der Waals surface area contributed by atoms with Crippen molar-refractivity contribution in [3.63, 3.8) is 0 Å². The Morgan fingerprint density at radius 3 is 2.46 bits per heavy atom. The number of anilines is 1. The summed E-state index contributed by atoms with van der Waals surface area (Å²) in [5.41, 5.74) is 2.58. The van der Waals surface area contributed by atoms with Gasteiger partial charge in [-0.25, -0.2) is 0 Å². The van der Waals surface area contributed by atoms with Crippen LogP contribution >= 0.6 is 11.6 Å². The quantitative estimate of drug-likeness (QED) is 0.841. The van der Waals surface area contributed by atoms with Crippen LogP contribution in [0.25, 0.3) is 6.08 Å². The third-order valence-electron chi connectivity index (χ3n) is 3.40. The van der Waals surface area contributed by atoms with E-state index in [1.54, 1.807) is 19.2 Å². The molecule has 2 amide bonds. The van der Waals surface area contributed by atoms with E-state index in [1.807, 2.05) is 49.4 Å². The highest BCUT2D eigenvalue weighted by Gasteiger charge is 2.10. The second kappa shape index (κ2) is 8.31. The number of rotatable bonds is 5. The van der Waals surface area contributed by atoms with E-state index in [1.165, 1.54) is 11.0 Å². The molecule has 0 fully saturated rings. The number of carbonyl (C=O) groups is 2. The number of halogens is 1. The largest absolute Gasteiger partial charge is 0.333 e. The van der Waals surface area contributed by atoms with Crippen LogP contribution < -0.4 is 5.32 Å². The maximum absolute atomic E-state index is 12.1. The topological polar surface area (TPSA) is 49.4 Å². The number of hydrogen-bond donors (Lipinski definition) is 1. The first-order chi connectivity index (χ1) is 11.5. The van der Waals surface area contributed by atoms with Gasteiger partial charge in [0.15, 0.2) is 0 Å². The van der Waals surface area contributed by atoms with Gasteiger partial charge in [-0.2, -0.15) is 0 Å². The van der Waals surface area contributed by atoms with Crippen LogP contribution in [0.1, 0.15) is 11.1 Å². The Bertz CT molecular complexity index is 754. The third kappa shape index (κ3) is 5.25. The molecule has 0 saturated carbocycles. The van der Waals surface area contributed by atoms with Crippen molar-refractivity contribution in [2.45, 2.75) is 6.92 Å². The molecule has 0 aliphatic rings. The van der Waals surface area contributed by atoms with Crippen molar-refractivity contribution in [3.05, 3.63) is 70.8 Å². The van der Waals surface area contributed by atoms with Crippen molar-refractivity contribution in [1.29, 1.82) is 0 Å². The highest BCUT2D eigenvalue weighted by Crippen LogP contribution is 2.16. The predicted octanol–water partition coefficient (Wildman–Crippen LogP) is 3.76. The van der Waals surface area contributed by atoms with Gasteiger partial charge in [0.05, 0.1) is 6.54 Å². The Hall–Kier alpha value is -2.59. The molecule has 0 spiro atoms. The fourth-order valence-corrected chi connectivity index (χ4v) is 2.23. The van der Waals surface area contributed by atoms with Crippen LogP contribution in [-0.4, -0.2) is 30.3 Å². The molecule has 2 aromatic carbocycles. The zero-order valence-corrected chi connectivity index (χ0v) is 14.4. The summed E-state index contributed by atoms with van der Waals surface area (Å²) >= 11 is 6.03. The second-order valence-corrected chi connectivity index (χ2v) is 5.87. The lowest BCUT2D eigenvalue weighted by Gasteiger charge is -2.15. The molecule has 0 heterocycles. The minimum absolute atomic E-state index is 0.0282. The van der Waals surface area contributed by atoms with E-state index in [-0.39, 0.29) is 18.4 Å². The minimum atomic E-state index is -0.269. The average Bonchev–Trinajstić information content (AvgIpc) is 2.56. The molecule has 24 heavy (non-hydrogen) atoms. The molecule has 0 aliphatic carbocycles. The highest BCUT2D eigenvalue weighted by atomic mass is 35.5. The summed E-state index contributed by atoms with van der Waals surface area (Å²) in [5, 5.41) is 3.33. The van der Waals surface area contributed by atoms with E-state index in [0.29, 0.717) is 10.7 Å². The maximum atomic E-state index is 12.1. The zero-order valence-electron chi connectivity index (χ0n) is 13.6. The van der Waals surface area contributed by atoms with Crippen LogP contribution in [0, 0.1) is 6.92 Å². The van der Waals surface area contributed by atoms with Crippen LogP contribution in [0.15, 0.2) is 54.6 Å². The summed E-state index contributed by atoms with van der Waals surface area (Å²) in [6.07, 6.45) is 3.04. The summed E-state index contributed by atoms with van der Waals surface area (Å²) < 4.78 is 0. The van der Waals surface area contributed by atoms with Crippen molar-refractivity contribution in [3.8, 4) is 0 Å². The smallest absolute Gasteiger partial charge is 0.246 e. The molecule has 0 atom stereocenters. The molecule has 2 rings (SSSR count). The molecule has 124 valence electrons. The van der Waals surface area contributed by atoms with Gasteiger partial charge < -0.3 is 10.2 Å². The Balaban J connectivity index is 1.90. The predicted molar refractivity (Wildman–Crippen MR) is 97.9 cm³/mol. The SMILES string of the molecule is Cc1ccc(NC(=O)CN(C)C(=O)/C=C/c2ccccc2Cl)cc1. The number of nitrogens with zero attached hydrogens (tertiary/aromatic N) is 1. The van der Waals surface area contributed by atoms with Gasteiger partial charge in [-0.3, -0.25) is 9.59 Å². The highest BCUT2D eigenvalue weighted by molar-refractivity contribution is 6.32. The van der Waals surface area contributed by atoms with Crippen molar-refractivity contribution < 1.29 is 9.59 Å². The van der Waals surface area contributed by atoms with E-state index >= 15 is 0 Å².